The zero-order valence-electron chi connectivity index (χ0n) is 10.3. The minimum Gasteiger partial charge on any atom is -0.326 e. The van der Waals surface area contributed by atoms with Crippen molar-refractivity contribution in [2.45, 2.75) is 26.7 Å². The van der Waals surface area contributed by atoms with Crippen molar-refractivity contribution in [1.29, 1.82) is 0 Å². The molecule has 1 N–H and O–H groups in total. The van der Waals surface area contributed by atoms with Gasteiger partial charge in [0.15, 0.2) is 0 Å². The third kappa shape index (κ3) is 3.58. The zero-order valence-corrected chi connectivity index (χ0v) is 10.3. The lowest BCUT2D eigenvalue weighted by Gasteiger charge is -2.41. The maximum atomic E-state index is 3.27. The molecule has 0 bridgehead atoms. The lowest BCUT2D eigenvalue weighted by molar-refractivity contribution is -0.918. The summed E-state index contributed by atoms with van der Waals surface area (Å²) in [6.45, 7) is 10.0. The van der Waals surface area contributed by atoms with Gasteiger partial charge in [-0.25, -0.2) is 0 Å². The molecule has 0 spiro atoms. The Hall–Kier alpha value is -0.0800. The highest BCUT2D eigenvalue weighted by molar-refractivity contribution is 4.62. The molecule has 0 aromatic carbocycles. The second-order valence-electron chi connectivity index (χ2n) is 5.59. The van der Waals surface area contributed by atoms with Gasteiger partial charge in [0.2, 0.25) is 0 Å². The predicted octanol–water partition coefficient (Wildman–Crippen LogP) is 1.72. The summed E-state index contributed by atoms with van der Waals surface area (Å²) < 4.78 is 1.30. The molecule has 0 radical (unpaired) electrons. The van der Waals surface area contributed by atoms with Crippen LogP contribution in [0.4, 0.5) is 0 Å². The van der Waals surface area contributed by atoms with Crippen LogP contribution < -0.4 is 5.32 Å². The van der Waals surface area contributed by atoms with Gasteiger partial charge < -0.3 is 9.80 Å². The number of likely N-dealkylation sites (tertiary alicyclic amines) is 1. The molecule has 1 aliphatic heterocycles. The van der Waals surface area contributed by atoms with Gasteiger partial charge >= 0.3 is 0 Å². The Bertz CT molecular complexity index is 160. The van der Waals surface area contributed by atoms with Crippen molar-refractivity contribution in [3.8, 4) is 0 Å². The van der Waals surface area contributed by atoms with Crippen LogP contribution in [-0.2, 0) is 0 Å². The van der Waals surface area contributed by atoms with Crippen molar-refractivity contribution >= 4 is 0 Å². The molecule has 1 atom stereocenters. The molecule has 1 heterocycles. The Labute approximate surface area is 89.3 Å². The number of nitrogens with one attached hydrogen (secondary N) is 1. The van der Waals surface area contributed by atoms with Gasteiger partial charge in [-0.2, -0.15) is 0 Å². The van der Waals surface area contributed by atoms with Crippen LogP contribution >= 0.6 is 0 Å². The number of piperidine rings is 1. The number of quaternary nitrogens is 1. The summed E-state index contributed by atoms with van der Waals surface area (Å²) in [5.74, 6) is 1.76. The molecule has 0 aliphatic carbocycles. The Balaban J connectivity index is 2.34. The van der Waals surface area contributed by atoms with Crippen LogP contribution in [-0.4, -0.2) is 44.8 Å². The van der Waals surface area contributed by atoms with E-state index < -0.39 is 0 Å². The van der Waals surface area contributed by atoms with E-state index in [0.717, 1.165) is 18.4 Å². The normalized spacial score (nSPS) is 35.6. The molecule has 1 saturated heterocycles. The van der Waals surface area contributed by atoms with Gasteiger partial charge in [0, 0.05) is 12.5 Å². The zero-order chi connectivity index (χ0) is 10.6. The number of rotatable bonds is 4. The van der Waals surface area contributed by atoms with Crippen LogP contribution in [0.3, 0.4) is 0 Å². The minimum absolute atomic E-state index is 0.804. The van der Waals surface area contributed by atoms with Crippen LogP contribution in [0.15, 0.2) is 0 Å². The van der Waals surface area contributed by atoms with Crippen LogP contribution in [0.1, 0.15) is 26.7 Å². The van der Waals surface area contributed by atoms with E-state index in [1.54, 1.807) is 0 Å². The Morgan fingerprint density at radius 2 is 1.93 bits per heavy atom. The summed E-state index contributed by atoms with van der Waals surface area (Å²) in [4.78, 5) is 0. The first-order chi connectivity index (χ1) is 6.56. The molecule has 84 valence electrons. The second-order valence-corrected chi connectivity index (χ2v) is 5.59. The van der Waals surface area contributed by atoms with E-state index in [9.17, 15) is 0 Å². The highest BCUT2D eigenvalue weighted by Gasteiger charge is 2.29. The molecule has 0 aromatic rings. The average Bonchev–Trinajstić information content (AvgIpc) is 2.11. The molecule has 2 nitrogen and oxygen atoms in total. The van der Waals surface area contributed by atoms with Crippen LogP contribution in [0.2, 0.25) is 0 Å². The van der Waals surface area contributed by atoms with Crippen molar-refractivity contribution in [2.75, 3.05) is 40.3 Å². The molecular weight excluding hydrogens is 172 g/mol. The Kier molecular flexibility index (Phi) is 4.39. The van der Waals surface area contributed by atoms with E-state index in [1.165, 1.54) is 37.0 Å². The summed E-state index contributed by atoms with van der Waals surface area (Å²) in [7, 11) is 4.48. The predicted molar refractivity (Wildman–Crippen MR) is 62.3 cm³/mol. The van der Waals surface area contributed by atoms with Crippen molar-refractivity contribution in [1.82, 2.24) is 5.32 Å². The summed E-state index contributed by atoms with van der Waals surface area (Å²) in [5, 5.41) is 3.27. The van der Waals surface area contributed by atoms with E-state index >= 15 is 0 Å². The van der Waals surface area contributed by atoms with E-state index in [2.05, 4.69) is 33.3 Å². The third-order valence-corrected chi connectivity index (χ3v) is 3.63. The van der Waals surface area contributed by atoms with Crippen LogP contribution in [0.5, 0.6) is 0 Å². The molecule has 0 aromatic heterocycles. The molecule has 1 fully saturated rings. The monoisotopic (exact) mass is 199 g/mol. The van der Waals surface area contributed by atoms with Gasteiger partial charge in [0.1, 0.15) is 0 Å². The maximum absolute atomic E-state index is 3.27. The van der Waals surface area contributed by atoms with E-state index in [0.29, 0.717) is 0 Å². The number of nitrogens with zero attached hydrogens (tertiary/aromatic N) is 1. The molecule has 1 unspecified atom stereocenters. The first-order valence-corrected chi connectivity index (χ1v) is 6.04. The smallest absolute Gasteiger partial charge is 0.0822 e. The lowest BCUT2D eigenvalue weighted by Crippen LogP contribution is -2.52. The van der Waals surface area contributed by atoms with Crippen molar-refractivity contribution in [2.24, 2.45) is 11.8 Å². The summed E-state index contributed by atoms with van der Waals surface area (Å²) >= 11 is 0. The van der Waals surface area contributed by atoms with Crippen molar-refractivity contribution in [3.05, 3.63) is 0 Å². The van der Waals surface area contributed by atoms with Gasteiger partial charge in [-0.05, 0) is 25.8 Å². The number of hydrogen-bond donors (Lipinski definition) is 1. The largest absolute Gasteiger partial charge is 0.326 e. The fraction of sp³-hybridized carbons (Fsp3) is 1.00. The summed E-state index contributed by atoms with van der Waals surface area (Å²) in [6, 6.07) is 0. The Morgan fingerprint density at radius 3 is 2.43 bits per heavy atom. The van der Waals surface area contributed by atoms with Gasteiger partial charge in [-0.3, -0.25) is 0 Å². The highest BCUT2D eigenvalue weighted by atomic mass is 15.3. The van der Waals surface area contributed by atoms with E-state index in [1.807, 2.05) is 0 Å². The second kappa shape index (κ2) is 5.13. The standard InChI is InChI=1S/C12H27N2/c1-11-5-7-14(4,8-6-11)10-12(2)9-13-3/h11-13H,5-10H2,1-4H3/q+1. The molecule has 0 amide bonds. The van der Waals surface area contributed by atoms with Gasteiger partial charge in [-0.15, -0.1) is 0 Å². The molecule has 1 rings (SSSR count). The molecule has 14 heavy (non-hydrogen) atoms. The number of hydrogen-bond acceptors (Lipinski definition) is 1. The van der Waals surface area contributed by atoms with Crippen molar-refractivity contribution in [3.63, 3.8) is 0 Å². The van der Waals surface area contributed by atoms with Gasteiger partial charge in [-0.1, -0.05) is 13.8 Å². The summed E-state index contributed by atoms with van der Waals surface area (Å²) in [6.07, 6.45) is 2.84. The highest BCUT2D eigenvalue weighted by Crippen LogP contribution is 2.22. The first-order valence-electron chi connectivity index (χ1n) is 6.04. The topological polar surface area (TPSA) is 12.0 Å². The lowest BCUT2D eigenvalue weighted by atomic mass is 9.96. The maximum Gasteiger partial charge on any atom is 0.0822 e. The molecular formula is C12H27N2+. The quantitative estimate of drug-likeness (QED) is 0.680. The fourth-order valence-electron chi connectivity index (χ4n) is 2.67. The SMILES string of the molecule is CNCC(C)C[N+]1(C)CCC(C)CC1. The molecule has 0 saturated carbocycles. The average molecular weight is 199 g/mol. The molecule has 1 aliphatic rings. The van der Waals surface area contributed by atoms with E-state index in [-0.39, 0.29) is 0 Å². The third-order valence-electron chi connectivity index (χ3n) is 3.63. The van der Waals surface area contributed by atoms with Crippen LogP contribution in [0.25, 0.3) is 0 Å². The van der Waals surface area contributed by atoms with E-state index in [4.69, 9.17) is 0 Å². The van der Waals surface area contributed by atoms with Crippen LogP contribution in [0, 0.1) is 11.8 Å². The first kappa shape index (κ1) is 12.0. The minimum atomic E-state index is 0.804. The van der Waals surface area contributed by atoms with Gasteiger partial charge in [0.05, 0.1) is 26.7 Å². The summed E-state index contributed by atoms with van der Waals surface area (Å²) in [5.41, 5.74) is 0. The molecule has 2 heteroatoms. The van der Waals surface area contributed by atoms with Gasteiger partial charge in [0.25, 0.3) is 0 Å². The van der Waals surface area contributed by atoms with Crippen molar-refractivity contribution < 1.29 is 4.48 Å². The Morgan fingerprint density at radius 1 is 1.36 bits per heavy atom. The fourth-order valence-corrected chi connectivity index (χ4v) is 2.67.